The molecule has 2 unspecified atom stereocenters. The smallest absolute Gasteiger partial charge is 0.0147 e. The van der Waals surface area contributed by atoms with Crippen LogP contribution in [0.2, 0.25) is 0 Å². The minimum absolute atomic E-state index is 0.563. The molecule has 0 saturated carbocycles. The Balaban J connectivity index is 2.63. The lowest BCUT2D eigenvalue weighted by molar-refractivity contribution is 0.443. The van der Waals surface area contributed by atoms with E-state index in [0.29, 0.717) is 11.8 Å². The van der Waals surface area contributed by atoms with Gasteiger partial charge in [0, 0.05) is 6.54 Å². The zero-order valence-corrected chi connectivity index (χ0v) is 12.5. The molecule has 0 spiro atoms. The summed E-state index contributed by atoms with van der Waals surface area (Å²) in [5.41, 5.74) is 2.90. The molecule has 104 valence electrons. The summed E-state index contributed by atoms with van der Waals surface area (Å²) in [5.74, 6) is 1.18. The molecule has 0 amide bonds. The van der Waals surface area contributed by atoms with Gasteiger partial charge in [-0.1, -0.05) is 61.1 Å². The highest BCUT2D eigenvalue weighted by atomic mass is 14.8. The molecule has 1 heteroatoms. The SMILES string of the molecule is C=CNCCC(C1=CC=CC1)C(C)/C=C\C=C(C)C. The van der Waals surface area contributed by atoms with Crippen LogP contribution in [0.25, 0.3) is 0 Å². The highest BCUT2D eigenvalue weighted by Crippen LogP contribution is 2.30. The summed E-state index contributed by atoms with van der Waals surface area (Å²) in [4.78, 5) is 0. The maximum absolute atomic E-state index is 3.71. The molecule has 0 aromatic heterocycles. The predicted molar refractivity (Wildman–Crippen MR) is 85.9 cm³/mol. The van der Waals surface area contributed by atoms with Crippen molar-refractivity contribution in [2.45, 2.75) is 33.6 Å². The quantitative estimate of drug-likeness (QED) is 0.488. The molecule has 1 nitrogen and oxygen atoms in total. The lowest BCUT2D eigenvalue weighted by Crippen LogP contribution is -2.18. The van der Waals surface area contributed by atoms with Crippen molar-refractivity contribution in [1.29, 1.82) is 0 Å². The second kappa shape index (κ2) is 8.58. The summed E-state index contributed by atoms with van der Waals surface area (Å²) >= 11 is 0. The maximum Gasteiger partial charge on any atom is 0.0147 e. The molecule has 1 aliphatic rings. The minimum Gasteiger partial charge on any atom is -0.391 e. The van der Waals surface area contributed by atoms with Gasteiger partial charge in [0.25, 0.3) is 0 Å². The van der Waals surface area contributed by atoms with Crippen molar-refractivity contribution < 1.29 is 0 Å². The average Bonchev–Trinajstić information content (AvgIpc) is 2.87. The van der Waals surface area contributed by atoms with Crippen LogP contribution in [0.1, 0.15) is 33.6 Å². The average molecular weight is 257 g/mol. The standard InChI is InChI=1S/C18H27N/c1-5-19-14-13-18(17-11-6-7-12-17)16(4)10-8-9-15(2)3/h5-11,16,18-19H,1,12-14H2,2-4H3/b10-8-. The van der Waals surface area contributed by atoms with Crippen LogP contribution in [-0.2, 0) is 0 Å². The maximum atomic E-state index is 3.71. The largest absolute Gasteiger partial charge is 0.391 e. The van der Waals surface area contributed by atoms with Gasteiger partial charge in [-0.3, -0.25) is 0 Å². The van der Waals surface area contributed by atoms with Crippen LogP contribution in [0.4, 0.5) is 0 Å². The first-order valence-electron chi connectivity index (χ1n) is 7.16. The fraction of sp³-hybridized carbons (Fsp3) is 0.444. The Morgan fingerprint density at radius 2 is 2.26 bits per heavy atom. The minimum atomic E-state index is 0.563. The topological polar surface area (TPSA) is 12.0 Å². The Hall–Kier alpha value is -1.50. The Morgan fingerprint density at radius 1 is 1.47 bits per heavy atom. The van der Waals surface area contributed by atoms with Gasteiger partial charge in [0.15, 0.2) is 0 Å². The summed E-state index contributed by atoms with van der Waals surface area (Å²) in [5, 5.41) is 3.21. The first-order chi connectivity index (χ1) is 9.15. The molecule has 0 aromatic carbocycles. The van der Waals surface area contributed by atoms with Crippen LogP contribution < -0.4 is 5.32 Å². The van der Waals surface area contributed by atoms with Gasteiger partial charge in [-0.2, -0.15) is 0 Å². The van der Waals surface area contributed by atoms with Gasteiger partial charge in [0.1, 0.15) is 0 Å². The number of hydrogen-bond donors (Lipinski definition) is 1. The van der Waals surface area contributed by atoms with Crippen molar-refractivity contribution in [3.8, 4) is 0 Å². The van der Waals surface area contributed by atoms with Crippen LogP contribution in [0, 0.1) is 11.8 Å². The molecule has 0 aromatic rings. The molecule has 1 rings (SSSR count). The third kappa shape index (κ3) is 5.78. The van der Waals surface area contributed by atoms with Gasteiger partial charge in [-0.15, -0.1) is 0 Å². The molecule has 0 aliphatic heterocycles. The zero-order chi connectivity index (χ0) is 14.1. The molecule has 0 saturated heterocycles. The van der Waals surface area contributed by atoms with Crippen LogP contribution >= 0.6 is 0 Å². The molecule has 0 heterocycles. The Bertz CT molecular complexity index is 392. The normalized spacial score (nSPS) is 17.1. The van der Waals surface area contributed by atoms with E-state index in [9.17, 15) is 0 Å². The van der Waals surface area contributed by atoms with E-state index >= 15 is 0 Å². The third-order valence-electron chi connectivity index (χ3n) is 3.50. The Morgan fingerprint density at radius 3 is 2.84 bits per heavy atom. The summed E-state index contributed by atoms with van der Waals surface area (Å²) < 4.78 is 0. The van der Waals surface area contributed by atoms with Crippen molar-refractivity contribution in [2.75, 3.05) is 6.54 Å². The van der Waals surface area contributed by atoms with Crippen molar-refractivity contribution in [3.63, 3.8) is 0 Å². The van der Waals surface area contributed by atoms with Crippen LogP contribution in [0.15, 0.2) is 60.4 Å². The molecular formula is C18H27N. The molecule has 0 bridgehead atoms. The number of hydrogen-bond acceptors (Lipinski definition) is 1. The number of rotatable bonds is 8. The van der Waals surface area contributed by atoms with Gasteiger partial charge in [-0.25, -0.2) is 0 Å². The second-order valence-corrected chi connectivity index (χ2v) is 5.42. The van der Waals surface area contributed by atoms with Gasteiger partial charge in [-0.05, 0) is 44.7 Å². The molecular weight excluding hydrogens is 230 g/mol. The molecule has 19 heavy (non-hydrogen) atoms. The van der Waals surface area contributed by atoms with E-state index in [-0.39, 0.29) is 0 Å². The van der Waals surface area contributed by atoms with Gasteiger partial charge in [0.2, 0.25) is 0 Å². The van der Waals surface area contributed by atoms with E-state index < -0.39 is 0 Å². The van der Waals surface area contributed by atoms with Crippen LogP contribution in [0.3, 0.4) is 0 Å². The van der Waals surface area contributed by atoms with Crippen LogP contribution in [0.5, 0.6) is 0 Å². The molecule has 1 aliphatic carbocycles. The molecule has 1 N–H and O–H groups in total. The van der Waals surface area contributed by atoms with Gasteiger partial charge >= 0.3 is 0 Å². The predicted octanol–water partition coefficient (Wildman–Crippen LogP) is 4.77. The third-order valence-corrected chi connectivity index (χ3v) is 3.50. The Labute approximate surface area is 118 Å². The molecule has 0 radical (unpaired) electrons. The van der Waals surface area contributed by atoms with E-state index in [0.717, 1.165) is 19.4 Å². The van der Waals surface area contributed by atoms with E-state index in [1.807, 2.05) is 0 Å². The zero-order valence-electron chi connectivity index (χ0n) is 12.5. The van der Waals surface area contributed by atoms with Crippen molar-refractivity contribution >= 4 is 0 Å². The fourth-order valence-electron chi connectivity index (χ4n) is 2.42. The monoisotopic (exact) mass is 257 g/mol. The summed E-state index contributed by atoms with van der Waals surface area (Å²) in [6.07, 6.45) is 17.4. The van der Waals surface area contributed by atoms with E-state index in [2.05, 4.69) is 69.1 Å². The van der Waals surface area contributed by atoms with Crippen molar-refractivity contribution in [2.24, 2.45) is 11.8 Å². The van der Waals surface area contributed by atoms with Crippen molar-refractivity contribution in [3.05, 3.63) is 60.4 Å². The van der Waals surface area contributed by atoms with Gasteiger partial charge < -0.3 is 5.32 Å². The highest BCUT2D eigenvalue weighted by Gasteiger charge is 2.19. The summed E-state index contributed by atoms with van der Waals surface area (Å²) in [7, 11) is 0. The highest BCUT2D eigenvalue weighted by molar-refractivity contribution is 5.26. The lowest BCUT2D eigenvalue weighted by Gasteiger charge is -2.23. The first-order valence-corrected chi connectivity index (χ1v) is 7.16. The molecule has 2 atom stereocenters. The lowest BCUT2D eigenvalue weighted by atomic mass is 9.83. The number of nitrogens with one attached hydrogen (secondary N) is 1. The summed E-state index contributed by atoms with van der Waals surface area (Å²) in [6.45, 7) is 11.3. The number of allylic oxidation sites excluding steroid dienone is 8. The van der Waals surface area contributed by atoms with E-state index in [1.165, 1.54) is 5.57 Å². The van der Waals surface area contributed by atoms with E-state index in [4.69, 9.17) is 0 Å². The second-order valence-electron chi connectivity index (χ2n) is 5.42. The van der Waals surface area contributed by atoms with E-state index in [1.54, 1.807) is 11.8 Å². The van der Waals surface area contributed by atoms with Crippen LogP contribution in [-0.4, -0.2) is 6.54 Å². The molecule has 0 fully saturated rings. The summed E-state index contributed by atoms with van der Waals surface area (Å²) in [6, 6.07) is 0. The Kier molecular flexibility index (Phi) is 7.02. The first kappa shape index (κ1) is 15.6. The fourth-order valence-corrected chi connectivity index (χ4v) is 2.42. The van der Waals surface area contributed by atoms with Crippen molar-refractivity contribution in [1.82, 2.24) is 5.32 Å². The van der Waals surface area contributed by atoms with Gasteiger partial charge in [0.05, 0.1) is 0 Å².